The minimum atomic E-state index is -2.93. The summed E-state index contributed by atoms with van der Waals surface area (Å²) < 4.78 is 41.4. The smallest absolute Gasteiger partial charge is 0.387 e. The van der Waals surface area contributed by atoms with Gasteiger partial charge in [-0.3, -0.25) is 4.99 Å². The molecule has 164 valence electrons. The zero-order valence-electron chi connectivity index (χ0n) is 17.6. The SMILES string of the molecule is CCOc1cccc(CNC(=NC)NCC2(N(C)C)CCOCC2)c1OC(F)F. The van der Waals surface area contributed by atoms with Crippen molar-refractivity contribution in [1.29, 1.82) is 0 Å². The topological polar surface area (TPSA) is 67.4 Å². The highest BCUT2D eigenvalue weighted by molar-refractivity contribution is 5.79. The van der Waals surface area contributed by atoms with Crippen molar-refractivity contribution in [3.63, 3.8) is 0 Å². The standard InChI is InChI=1S/C20H32F2N4O3/c1-5-28-16-8-6-7-15(17(16)29-18(21)22)13-24-19(23-2)25-14-20(26(3)4)9-11-27-12-10-20/h6-8,18H,5,9-14H2,1-4H3,(H2,23,24,25). The van der Waals surface area contributed by atoms with Gasteiger partial charge in [0.2, 0.25) is 0 Å². The maximum Gasteiger partial charge on any atom is 0.387 e. The molecule has 0 aromatic heterocycles. The van der Waals surface area contributed by atoms with Gasteiger partial charge in [0.25, 0.3) is 0 Å². The van der Waals surface area contributed by atoms with Crippen molar-refractivity contribution in [1.82, 2.24) is 15.5 Å². The van der Waals surface area contributed by atoms with E-state index >= 15 is 0 Å². The number of para-hydroxylation sites is 1. The molecule has 0 atom stereocenters. The summed E-state index contributed by atoms with van der Waals surface area (Å²) in [7, 11) is 5.81. The number of alkyl halides is 2. The van der Waals surface area contributed by atoms with Gasteiger partial charge in [0.15, 0.2) is 17.5 Å². The van der Waals surface area contributed by atoms with Crippen LogP contribution >= 0.6 is 0 Å². The van der Waals surface area contributed by atoms with E-state index in [1.54, 1.807) is 32.2 Å². The molecule has 29 heavy (non-hydrogen) atoms. The summed E-state index contributed by atoms with van der Waals surface area (Å²) in [5.74, 6) is 0.924. The fraction of sp³-hybridized carbons (Fsp3) is 0.650. The molecule has 0 saturated carbocycles. The second-order valence-electron chi connectivity index (χ2n) is 7.07. The van der Waals surface area contributed by atoms with Crippen LogP contribution in [0.2, 0.25) is 0 Å². The first-order valence-corrected chi connectivity index (χ1v) is 9.81. The Morgan fingerprint density at radius 1 is 1.28 bits per heavy atom. The number of rotatable bonds is 9. The van der Waals surface area contributed by atoms with Crippen LogP contribution in [0.15, 0.2) is 23.2 Å². The Kier molecular flexibility index (Phi) is 8.91. The average Bonchev–Trinajstić information content (AvgIpc) is 2.70. The summed E-state index contributed by atoms with van der Waals surface area (Å²) in [6.07, 6.45) is 1.85. The molecule has 1 aliphatic rings. The van der Waals surface area contributed by atoms with Gasteiger partial charge in [-0.05, 0) is 39.9 Å². The van der Waals surface area contributed by atoms with Crippen molar-refractivity contribution >= 4 is 5.96 Å². The lowest BCUT2D eigenvalue weighted by Crippen LogP contribution is -2.57. The fourth-order valence-corrected chi connectivity index (χ4v) is 3.37. The van der Waals surface area contributed by atoms with Gasteiger partial charge < -0.3 is 29.7 Å². The predicted octanol–water partition coefficient (Wildman–Crippen LogP) is 2.46. The molecule has 0 unspecified atom stereocenters. The number of likely N-dealkylation sites (N-methyl/N-ethyl adjacent to an activating group) is 1. The summed E-state index contributed by atoms with van der Waals surface area (Å²) in [5, 5.41) is 6.53. The summed E-state index contributed by atoms with van der Waals surface area (Å²) in [5.41, 5.74) is 0.543. The Balaban J connectivity index is 2.04. The number of nitrogens with zero attached hydrogens (tertiary/aromatic N) is 2. The van der Waals surface area contributed by atoms with Gasteiger partial charge in [0.05, 0.1) is 6.61 Å². The average molecular weight is 414 g/mol. The van der Waals surface area contributed by atoms with E-state index in [4.69, 9.17) is 14.2 Å². The quantitative estimate of drug-likeness (QED) is 0.478. The van der Waals surface area contributed by atoms with Crippen LogP contribution in [0.25, 0.3) is 0 Å². The van der Waals surface area contributed by atoms with Crippen LogP contribution in [0.3, 0.4) is 0 Å². The lowest BCUT2D eigenvalue weighted by Gasteiger charge is -2.43. The Labute approximate surface area is 171 Å². The maximum atomic E-state index is 12.9. The summed E-state index contributed by atoms with van der Waals surface area (Å²) in [6.45, 7) is 1.63. The largest absolute Gasteiger partial charge is 0.490 e. The van der Waals surface area contributed by atoms with Gasteiger partial charge in [-0.1, -0.05) is 12.1 Å². The molecule has 0 radical (unpaired) electrons. The highest BCUT2D eigenvalue weighted by Gasteiger charge is 2.34. The highest BCUT2D eigenvalue weighted by atomic mass is 19.3. The number of benzene rings is 1. The Hall–Kier alpha value is -2.13. The van der Waals surface area contributed by atoms with Crippen molar-refractivity contribution in [3.8, 4) is 11.5 Å². The molecular weight excluding hydrogens is 382 g/mol. The molecule has 1 saturated heterocycles. The van der Waals surface area contributed by atoms with Gasteiger partial charge in [-0.2, -0.15) is 8.78 Å². The van der Waals surface area contributed by atoms with Crippen LogP contribution in [0.4, 0.5) is 8.78 Å². The lowest BCUT2D eigenvalue weighted by molar-refractivity contribution is -0.0520. The number of nitrogens with one attached hydrogen (secondary N) is 2. The van der Waals surface area contributed by atoms with Crippen LogP contribution in [-0.4, -0.2) is 70.5 Å². The van der Waals surface area contributed by atoms with Crippen molar-refractivity contribution in [2.24, 2.45) is 4.99 Å². The van der Waals surface area contributed by atoms with E-state index in [1.807, 2.05) is 0 Å². The first-order chi connectivity index (χ1) is 13.9. The number of guanidine groups is 1. The van der Waals surface area contributed by atoms with Crippen molar-refractivity contribution in [2.75, 3.05) is 47.5 Å². The fourth-order valence-electron chi connectivity index (χ4n) is 3.37. The molecule has 2 N–H and O–H groups in total. The molecule has 0 amide bonds. The summed E-state index contributed by atoms with van der Waals surface area (Å²) in [6, 6.07) is 5.09. The second-order valence-corrected chi connectivity index (χ2v) is 7.07. The third kappa shape index (κ3) is 6.43. The van der Waals surface area contributed by atoms with Gasteiger partial charge in [-0.25, -0.2) is 0 Å². The van der Waals surface area contributed by atoms with Gasteiger partial charge in [-0.15, -0.1) is 0 Å². The van der Waals surface area contributed by atoms with Gasteiger partial charge >= 0.3 is 6.61 Å². The van der Waals surface area contributed by atoms with E-state index < -0.39 is 6.61 Å². The highest BCUT2D eigenvalue weighted by Crippen LogP contribution is 2.32. The molecule has 1 aromatic carbocycles. The van der Waals surface area contributed by atoms with E-state index in [2.05, 4.69) is 34.6 Å². The van der Waals surface area contributed by atoms with Gasteiger partial charge in [0, 0.05) is 44.5 Å². The first-order valence-electron chi connectivity index (χ1n) is 9.81. The summed E-state index contributed by atoms with van der Waals surface area (Å²) in [4.78, 5) is 6.47. The zero-order valence-corrected chi connectivity index (χ0v) is 17.6. The third-order valence-corrected chi connectivity index (χ3v) is 5.19. The monoisotopic (exact) mass is 414 g/mol. The number of ether oxygens (including phenoxy) is 3. The van der Waals surface area contributed by atoms with Crippen LogP contribution in [-0.2, 0) is 11.3 Å². The van der Waals surface area contributed by atoms with Crippen LogP contribution < -0.4 is 20.1 Å². The maximum absolute atomic E-state index is 12.9. The van der Waals surface area contributed by atoms with Crippen molar-refractivity contribution in [3.05, 3.63) is 23.8 Å². The molecule has 9 heteroatoms. The molecule has 1 aromatic rings. The molecule has 2 rings (SSSR count). The van der Waals surface area contributed by atoms with Crippen LogP contribution in [0.1, 0.15) is 25.3 Å². The predicted molar refractivity (Wildman–Crippen MR) is 109 cm³/mol. The van der Waals surface area contributed by atoms with E-state index in [0.29, 0.717) is 30.4 Å². The lowest BCUT2D eigenvalue weighted by atomic mass is 9.88. The van der Waals surface area contributed by atoms with Crippen molar-refractivity contribution < 1.29 is 23.0 Å². The number of hydrogen-bond acceptors (Lipinski definition) is 5. The van der Waals surface area contributed by atoms with Gasteiger partial charge in [0.1, 0.15) is 0 Å². The molecule has 1 aliphatic heterocycles. The van der Waals surface area contributed by atoms with E-state index in [1.165, 1.54) is 0 Å². The zero-order chi connectivity index (χ0) is 21.3. The molecule has 1 heterocycles. The molecule has 1 fully saturated rings. The number of halogens is 2. The van der Waals surface area contributed by atoms with Crippen LogP contribution in [0.5, 0.6) is 11.5 Å². The Morgan fingerprint density at radius 3 is 2.59 bits per heavy atom. The minimum Gasteiger partial charge on any atom is -0.490 e. The first kappa shape index (κ1) is 23.2. The number of aliphatic imine (C=N–C) groups is 1. The Morgan fingerprint density at radius 2 is 2.00 bits per heavy atom. The van der Waals surface area contributed by atoms with E-state index in [9.17, 15) is 8.78 Å². The normalized spacial score (nSPS) is 16.8. The Bertz CT molecular complexity index is 665. The molecular formula is C20H32F2N4O3. The molecule has 0 aliphatic carbocycles. The van der Waals surface area contributed by atoms with E-state index in [-0.39, 0.29) is 17.8 Å². The van der Waals surface area contributed by atoms with E-state index in [0.717, 1.165) is 26.1 Å². The molecule has 7 nitrogen and oxygen atoms in total. The second kappa shape index (κ2) is 11.2. The summed E-state index contributed by atoms with van der Waals surface area (Å²) >= 11 is 0. The molecule has 0 spiro atoms. The molecule has 0 bridgehead atoms. The van der Waals surface area contributed by atoms with Crippen molar-refractivity contribution in [2.45, 2.75) is 38.5 Å². The number of hydrogen-bond donors (Lipinski definition) is 2. The minimum absolute atomic E-state index is 0.0191. The third-order valence-electron chi connectivity index (χ3n) is 5.19. The van der Waals surface area contributed by atoms with Crippen LogP contribution in [0, 0.1) is 0 Å².